The lowest BCUT2D eigenvalue weighted by molar-refractivity contribution is -0.140. The molecule has 112 valence electrons. The summed E-state index contributed by atoms with van der Waals surface area (Å²) in [4.78, 5) is 27.1. The Balaban J connectivity index is 1.89. The lowest BCUT2D eigenvalue weighted by atomic mass is 10.2. The summed E-state index contributed by atoms with van der Waals surface area (Å²) in [6, 6.07) is 6.36. The molecule has 1 aromatic carbocycles. The van der Waals surface area contributed by atoms with Gasteiger partial charge in [0.25, 0.3) is 0 Å². The van der Waals surface area contributed by atoms with E-state index in [9.17, 15) is 14.7 Å². The van der Waals surface area contributed by atoms with Gasteiger partial charge < -0.3 is 14.7 Å². The van der Waals surface area contributed by atoms with Crippen LogP contribution >= 0.6 is 11.8 Å². The lowest BCUT2D eigenvalue weighted by Crippen LogP contribution is -2.49. The fourth-order valence-electron chi connectivity index (χ4n) is 2.52. The van der Waals surface area contributed by atoms with Crippen molar-refractivity contribution < 1.29 is 19.4 Å². The molecule has 1 unspecified atom stereocenters. The Morgan fingerprint density at radius 3 is 2.95 bits per heavy atom. The molecule has 0 spiro atoms. The van der Waals surface area contributed by atoms with Gasteiger partial charge in [0.15, 0.2) is 0 Å². The van der Waals surface area contributed by atoms with E-state index in [1.54, 1.807) is 4.90 Å². The maximum atomic E-state index is 12.8. The van der Waals surface area contributed by atoms with Crippen molar-refractivity contribution in [3.8, 4) is 5.75 Å². The molecular weight excluding hydrogens is 292 g/mol. The number of carboxylic acid groups (broad SMARTS) is 1. The highest BCUT2D eigenvalue weighted by Crippen LogP contribution is 2.33. The number of urea groups is 1. The van der Waals surface area contributed by atoms with E-state index in [4.69, 9.17) is 4.74 Å². The van der Waals surface area contributed by atoms with E-state index in [0.717, 1.165) is 6.42 Å². The average molecular weight is 308 g/mol. The number of rotatable bonds is 1. The van der Waals surface area contributed by atoms with E-state index in [2.05, 4.69) is 0 Å². The molecule has 21 heavy (non-hydrogen) atoms. The van der Waals surface area contributed by atoms with Crippen LogP contribution in [0.1, 0.15) is 6.42 Å². The number of hydrogen-bond acceptors (Lipinski definition) is 4. The topological polar surface area (TPSA) is 70.1 Å². The van der Waals surface area contributed by atoms with Gasteiger partial charge in [-0.05, 0) is 18.6 Å². The Bertz CT molecular complexity index is 566. The molecule has 2 amide bonds. The molecule has 1 aromatic rings. The first-order chi connectivity index (χ1) is 10.2. The monoisotopic (exact) mass is 308 g/mol. The van der Waals surface area contributed by atoms with E-state index in [-0.39, 0.29) is 6.03 Å². The highest BCUT2D eigenvalue weighted by Gasteiger charge is 2.38. The summed E-state index contributed by atoms with van der Waals surface area (Å²) < 4.78 is 5.63. The minimum absolute atomic E-state index is 0.259. The molecule has 3 rings (SSSR count). The first-order valence-corrected chi connectivity index (χ1v) is 7.94. The van der Waals surface area contributed by atoms with E-state index in [1.165, 1.54) is 16.7 Å². The van der Waals surface area contributed by atoms with Crippen LogP contribution in [0.25, 0.3) is 0 Å². The van der Waals surface area contributed by atoms with Crippen LogP contribution in [0, 0.1) is 0 Å². The zero-order valence-corrected chi connectivity index (χ0v) is 12.2. The van der Waals surface area contributed by atoms with Crippen LogP contribution in [-0.4, -0.2) is 52.8 Å². The SMILES string of the molecule is O=C(O)C1CSCN1C(=O)N1CCCOc2ccccc21. The van der Waals surface area contributed by atoms with Crippen molar-refractivity contribution in [2.24, 2.45) is 0 Å². The highest BCUT2D eigenvalue weighted by molar-refractivity contribution is 7.99. The zero-order chi connectivity index (χ0) is 14.8. The maximum absolute atomic E-state index is 12.8. The lowest BCUT2D eigenvalue weighted by Gasteiger charge is -2.29. The smallest absolute Gasteiger partial charge is 0.327 e. The third kappa shape index (κ3) is 2.65. The second-order valence-corrected chi connectivity index (χ2v) is 5.93. The normalized spacial score (nSPS) is 21.4. The van der Waals surface area contributed by atoms with E-state index in [0.29, 0.717) is 36.2 Å². The van der Waals surface area contributed by atoms with Crippen LogP contribution in [0.4, 0.5) is 10.5 Å². The average Bonchev–Trinajstić information content (AvgIpc) is 2.88. The van der Waals surface area contributed by atoms with Crippen molar-refractivity contribution in [2.45, 2.75) is 12.5 Å². The largest absolute Gasteiger partial charge is 0.491 e. The fraction of sp³-hybridized carbons (Fsp3) is 0.429. The first-order valence-electron chi connectivity index (χ1n) is 6.79. The summed E-state index contributed by atoms with van der Waals surface area (Å²) >= 11 is 1.46. The highest BCUT2D eigenvalue weighted by atomic mass is 32.2. The molecule has 1 fully saturated rings. The number of nitrogens with zero attached hydrogens (tertiary/aromatic N) is 2. The maximum Gasteiger partial charge on any atom is 0.327 e. The van der Waals surface area contributed by atoms with Gasteiger partial charge >= 0.3 is 12.0 Å². The number of aliphatic carboxylic acids is 1. The molecule has 0 bridgehead atoms. The minimum atomic E-state index is -0.951. The predicted molar refractivity (Wildman–Crippen MR) is 79.9 cm³/mol. The third-order valence-electron chi connectivity index (χ3n) is 3.58. The Morgan fingerprint density at radius 1 is 1.33 bits per heavy atom. The fourth-order valence-corrected chi connectivity index (χ4v) is 3.66. The number of anilines is 1. The summed E-state index contributed by atoms with van der Waals surface area (Å²) in [6.45, 7) is 1.08. The van der Waals surface area contributed by atoms with Gasteiger partial charge in [0.1, 0.15) is 11.8 Å². The van der Waals surface area contributed by atoms with E-state index < -0.39 is 12.0 Å². The Morgan fingerprint density at radius 2 is 2.14 bits per heavy atom. The molecule has 2 aliphatic heterocycles. The predicted octanol–water partition coefficient (Wildman–Crippen LogP) is 1.85. The number of benzene rings is 1. The Hall–Kier alpha value is -1.89. The van der Waals surface area contributed by atoms with Gasteiger partial charge in [-0.1, -0.05) is 12.1 Å². The van der Waals surface area contributed by atoms with E-state index in [1.807, 2.05) is 24.3 Å². The van der Waals surface area contributed by atoms with Crippen molar-refractivity contribution in [2.75, 3.05) is 29.7 Å². The number of para-hydroxylation sites is 2. The van der Waals surface area contributed by atoms with Gasteiger partial charge in [0.2, 0.25) is 0 Å². The molecule has 0 aliphatic carbocycles. The number of thioether (sulfide) groups is 1. The number of fused-ring (bicyclic) bond motifs is 1. The van der Waals surface area contributed by atoms with Crippen LogP contribution in [-0.2, 0) is 4.79 Å². The second kappa shape index (κ2) is 5.85. The summed E-state index contributed by atoms with van der Waals surface area (Å²) in [7, 11) is 0. The van der Waals surface area contributed by atoms with E-state index >= 15 is 0 Å². The number of carbonyl (C=O) groups excluding carboxylic acids is 1. The molecule has 2 aliphatic rings. The molecule has 0 radical (unpaired) electrons. The van der Waals surface area contributed by atoms with Crippen LogP contribution in [0.2, 0.25) is 0 Å². The van der Waals surface area contributed by atoms with Crippen molar-refractivity contribution in [3.05, 3.63) is 24.3 Å². The van der Waals surface area contributed by atoms with Crippen LogP contribution in [0.5, 0.6) is 5.75 Å². The number of hydrogen-bond donors (Lipinski definition) is 1. The molecule has 0 saturated carbocycles. The Labute approximate surface area is 126 Å². The molecule has 7 heteroatoms. The molecular formula is C14H16N2O4S. The van der Waals surface area contributed by atoms with Gasteiger partial charge in [-0.3, -0.25) is 4.90 Å². The van der Waals surface area contributed by atoms with Crippen LogP contribution in [0.3, 0.4) is 0 Å². The molecule has 1 atom stereocenters. The number of carbonyl (C=O) groups is 2. The zero-order valence-electron chi connectivity index (χ0n) is 11.4. The summed E-state index contributed by atoms with van der Waals surface area (Å²) in [5, 5.41) is 9.23. The Kier molecular flexibility index (Phi) is 3.92. The number of ether oxygens (including phenoxy) is 1. The molecule has 1 saturated heterocycles. The number of amides is 2. The van der Waals surface area contributed by atoms with Gasteiger partial charge in [0.05, 0.1) is 18.2 Å². The minimum Gasteiger partial charge on any atom is -0.491 e. The number of carboxylic acids is 1. The first kappa shape index (κ1) is 14.1. The third-order valence-corrected chi connectivity index (χ3v) is 4.60. The molecule has 6 nitrogen and oxygen atoms in total. The molecule has 0 aromatic heterocycles. The summed E-state index contributed by atoms with van der Waals surface area (Å²) in [5.41, 5.74) is 0.709. The van der Waals surface area contributed by atoms with Crippen LogP contribution in [0.15, 0.2) is 24.3 Å². The van der Waals surface area contributed by atoms with Crippen molar-refractivity contribution in [1.29, 1.82) is 0 Å². The van der Waals surface area contributed by atoms with Crippen LogP contribution < -0.4 is 9.64 Å². The van der Waals surface area contributed by atoms with Gasteiger partial charge in [-0.15, -0.1) is 11.8 Å². The van der Waals surface area contributed by atoms with Crippen molar-refractivity contribution in [1.82, 2.24) is 4.90 Å². The van der Waals surface area contributed by atoms with Crippen molar-refractivity contribution in [3.63, 3.8) is 0 Å². The van der Waals surface area contributed by atoms with Gasteiger partial charge in [0, 0.05) is 12.3 Å². The molecule has 1 N–H and O–H groups in total. The van der Waals surface area contributed by atoms with Crippen molar-refractivity contribution >= 4 is 29.4 Å². The summed E-state index contributed by atoms with van der Waals surface area (Å²) in [6.07, 6.45) is 0.721. The molecule has 2 heterocycles. The summed E-state index contributed by atoms with van der Waals surface area (Å²) in [5.74, 6) is 0.567. The standard InChI is InChI=1S/C14H16N2O4S/c17-13(18)11-8-21-9-16(11)14(19)15-6-3-7-20-12-5-2-1-4-10(12)15/h1-2,4-5,11H,3,6-9H2,(H,17,18). The van der Waals surface area contributed by atoms with Gasteiger partial charge in [-0.25, -0.2) is 9.59 Å². The quantitative estimate of drug-likeness (QED) is 0.857. The van der Waals surface area contributed by atoms with Gasteiger partial charge in [-0.2, -0.15) is 0 Å². The second-order valence-electron chi connectivity index (χ2n) is 4.93.